The van der Waals surface area contributed by atoms with Gasteiger partial charge in [0.05, 0.1) is 12.1 Å². The van der Waals surface area contributed by atoms with Gasteiger partial charge in [-0.15, -0.1) is 11.3 Å². The minimum atomic E-state index is -0.573. The van der Waals surface area contributed by atoms with Crippen molar-refractivity contribution in [3.63, 3.8) is 0 Å². The second-order valence-corrected chi connectivity index (χ2v) is 6.41. The molecule has 1 aliphatic rings. The topological polar surface area (TPSA) is 56.7 Å². The maximum absolute atomic E-state index is 10.3. The fourth-order valence-corrected chi connectivity index (χ4v) is 3.23. The lowest BCUT2D eigenvalue weighted by Crippen LogP contribution is -2.40. The van der Waals surface area contributed by atoms with Gasteiger partial charge < -0.3 is 15.7 Å². The Morgan fingerprint density at radius 2 is 2.20 bits per heavy atom. The Hall–Kier alpha value is -1.07. The number of aliphatic imine (C=N–C) groups is 1. The molecule has 1 aliphatic carbocycles. The molecule has 0 radical (unpaired) electrons. The number of aliphatic hydroxyl groups is 1. The Morgan fingerprint density at radius 1 is 1.40 bits per heavy atom. The zero-order chi connectivity index (χ0) is 14.3. The summed E-state index contributed by atoms with van der Waals surface area (Å²) in [6, 6.07) is 4.23. The predicted octanol–water partition coefficient (Wildman–Crippen LogP) is 2.15. The van der Waals surface area contributed by atoms with Crippen LogP contribution in [0.3, 0.4) is 0 Å². The van der Waals surface area contributed by atoms with E-state index in [1.54, 1.807) is 11.3 Å². The number of rotatable bonds is 6. The van der Waals surface area contributed by atoms with Gasteiger partial charge in [-0.1, -0.05) is 18.9 Å². The number of guanidine groups is 1. The summed E-state index contributed by atoms with van der Waals surface area (Å²) >= 11 is 1.78. The number of nitrogens with one attached hydrogen (secondary N) is 2. The van der Waals surface area contributed by atoms with Gasteiger partial charge in [0.25, 0.3) is 0 Å². The van der Waals surface area contributed by atoms with E-state index in [0.29, 0.717) is 6.54 Å². The first-order valence-electron chi connectivity index (χ1n) is 7.49. The third-order valence-corrected chi connectivity index (χ3v) is 4.59. The van der Waals surface area contributed by atoms with E-state index in [0.717, 1.165) is 51.2 Å². The molecule has 0 aromatic carbocycles. The van der Waals surface area contributed by atoms with Crippen molar-refractivity contribution in [1.82, 2.24) is 10.6 Å². The molecule has 20 heavy (non-hydrogen) atoms. The van der Waals surface area contributed by atoms with Crippen LogP contribution in [0.4, 0.5) is 0 Å². The monoisotopic (exact) mass is 295 g/mol. The summed E-state index contributed by atoms with van der Waals surface area (Å²) in [5, 5.41) is 19.0. The maximum Gasteiger partial charge on any atom is 0.191 e. The minimum absolute atomic E-state index is 0.501. The van der Waals surface area contributed by atoms with E-state index in [1.807, 2.05) is 0 Å². The lowest BCUT2D eigenvalue weighted by molar-refractivity contribution is 0.0574. The first-order chi connectivity index (χ1) is 9.72. The van der Waals surface area contributed by atoms with Crippen molar-refractivity contribution in [1.29, 1.82) is 0 Å². The summed E-state index contributed by atoms with van der Waals surface area (Å²) < 4.78 is 0. The average Bonchev–Trinajstić information content (AvgIpc) is 3.08. The second-order valence-electron chi connectivity index (χ2n) is 5.38. The zero-order valence-corrected chi connectivity index (χ0v) is 13.0. The van der Waals surface area contributed by atoms with Gasteiger partial charge in [-0.3, -0.25) is 4.99 Å². The van der Waals surface area contributed by atoms with E-state index in [1.165, 1.54) is 4.88 Å². The van der Waals surface area contributed by atoms with Crippen molar-refractivity contribution in [2.75, 3.05) is 19.6 Å². The van der Waals surface area contributed by atoms with E-state index in [2.05, 4.69) is 40.1 Å². The van der Waals surface area contributed by atoms with Crippen LogP contribution in [0.1, 0.15) is 37.5 Å². The van der Waals surface area contributed by atoms with Gasteiger partial charge in [-0.05, 0) is 37.6 Å². The highest BCUT2D eigenvalue weighted by Crippen LogP contribution is 2.29. The van der Waals surface area contributed by atoms with E-state index in [-0.39, 0.29) is 0 Å². The van der Waals surface area contributed by atoms with Gasteiger partial charge in [-0.2, -0.15) is 0 Å². The molecule has 0 unspecified atom stereocenters. The lowest BCUT2D eigenvalue weighted by Gasteiger charge is -2.20. The van der Waals surface area contributed by atoms with Crippen molar-refractivity contribution in [2.45, 2.75) is 44.6 Å². The summed E-state index contributed by atoms with van der Waals surface area (Å²) in [7, 11) is 0. The molecule has 5 heteroatoms. The molecule has 0 bridgehead atoms. The highest BCUT2D eigenvalue weighted by Gasteiger charge is 2.30. The zero-order valence-electron chi connectivity index (χ0n) is 12.2. The van der Waals surface area contributed by atoms with Crippen LogP contribution in [0.5, 0.6) is 0 Å². The molecule has 1 saturated carbocycles. The maximum atomic E-state index is 10.3. The Bertz CT molecular complexity index is 411. The summed E-state index contributed by atoms with van der Waals surface area (Å²) in [5.41, 5.74) is -0.573. The molecule has 0 aliphatic heterocycles. The first-order valence-corrected chi connectivity index (χ1v) is 8.37. The predicted molar refractivity (Wildman–Crippen MR) is 85.4 cm³/mol. The Labute approximate surface area is 125 Å². The molecule has 0 atom stereocenters. The van der Waals surface area contributed by atoms with Gasteiger partial charge in [0.1, 0.15) is 0 Å². The number of nitrogens with zero attached hydrogens (tertiary/aromatic N) is 1. The van der Waals surface area contributed by atoms with Crippen molar-refractivity contribution in [3.05, 3.63) is 22.4 Å². The molecule has 4 nitrogen and oxygen atoms in total. The van der Waals surface area contributed by atoms with Gasteiger partial charge >= 0.3 is 0 Å². The van der Waals surface area contributed by atoms with Crippen LogP contribution >= 0.6 is 11.3 Å². The van der Waals surface area contributed by atoms with Crippen LogP contribution in [0.2, 0.25) is 0 Å². The second kappa shape index (κ2) is 7.64. The SMILES string of the molecule is CCNC(=NCC1(O)CCCC1)NCCc1cccs1. The standard InChI is InChI=1S/C15H25N3OS/c1-2-16-14(17-10-7-13-6-5-11-20-13)18-12-15(19)8-3-4-9-15/h5-6,11,19H,2-4,7-10,12H2,1H3,(H2,16,17,18). The van der Waals surface area contributed by atoms with Crippen LogP contribution < -0.4 is 10.6 Å². The van der Waals surface area contributed by atoms with Crippen molar-refractivity contribution >= 4 is 17.3 Å². The first kappa shape index (κ1) is 15.3. The lowest BCUT2D eigenvalue weighted by atomic mass is 10.0. The van der Waals surface area contributed by atoms with Gasteiger partial charge in [0.2, 0.25) is 0 Å². The summed E-state index contributed by atoms with van der Waals surface area (Å²) in [6.07, 6.45) is 5.01. The van der Waals surface area contributed by atoms with Crippen molar-refractivity contribution in [2.24, 2.45) is 4.99 Å². The molecule has 112 valence electrons. The fraction of sp³-hybridized carbons (Fsp3) is 0.667. The van der Waals surface area contributed by atoms with E-state index >= 15 is 0 Å². The normalized spacial score (nSPS) is 18.2. The molecule has 0 amide bonds. The number of hydrogen-bond donors (Lipinski definition) is 3. The van der Waals surface area contributed by atoms with E-state index in [4.69, 9.17) is 0 Å². The molecule has 1 aromatic heterocycles. The molecule has 3 N–H and O–H groups in total. The summed E-state index contributed by atoms with van der Waals surface area (Å²) in [5.74, 6) is 0.810. The smallest absolute Gasteiger partial charge is 0.191 e. The van der Waals surface area contributed by atoms with Crippen LogP contribution in [0.25, 0.3) is 0 Å². The van der Waals surface area contributed by atoms with Crippen LogP contribution in [0.15, 0.2) is 22.5 Å². The van der Waals surface area contributed by atoms with Gasteiger partial charge in [-0.25, -0.2) is 0 Å². The molecular weight excluding hydrogens is 270 g/mol. The van der Waals surface area contributed by atoms with Gasteiger partial charge in [0, 0.05) is 18.0 Å². The average molecular weight is 295 g/mol. The Balaban J connectivity index is 1.79. The highest BCUT2D eigenvalue weighted by atomic mass is 32.1. The van der Waals surface area contributed by atoms with Crippen molar-refractivity contribution < 1.29 is 5.11 Å². The van der Waals surface area contributed by atoms with Crippen LogP contribution in [0, 0.1) is 0 Å². The summed E-state index contributed by atoms with van der Waals surface area (Å²) in [4.78, 5) is 5.91. The fourth-order valence-electron chi connectivity index (χ4n) is 2.52. The highest BCUT2D eigenvalue weighted by molar-refractivity contribution is 7.09. The van der Waals surface area contributed by atoms with E-state index < -0.39 is 5.60 Å². The molecule has 1 aromatic rings. The third-order valence-electron chi connectivity index (χ3n) is 3.65. The molecule has 2 rings (SSSR count). The molecular formula is C15H25N3OS. The Morgan fingerprint density at radius 3 is 2.85 bits per heavy atom. The quantitative estimate of drug-likeness (QED) is 0.557. The van der Waals surface area contributed by atoms with Crippen LogP contribution in [-0.2, 0) is 6.42 Å². The third kappa shape index (κ3) is 4.80. The number of thiophene rings is 1. The molecule has 0 spiro atoms. The molecule has 1 heterocycles. The summed E-state index contributed by atoms with van der Waals surface area (Å²) in [6.45, 7) is 4.26. The number of hydrogen-bond acceptors (Lipinski definition) is 3. The van der Waals surface area contributed by atoms with Crippen molar-refractivity contribution in [3.8, 4) is 0 Å². The molecule has 0 saturated heterocycles. The molecule has 1 fully saturated rings. The van der Waals surface area contributed by atoms with E-state index in [9.17, 15) is 5.11 Å². The van der Waals surface area contributed by atoms with Crippen LogP contribution in [-0.4, -0.2) is 36.3 Å². The Kier molecular flexibility index (Phi) is 5.86. The van der Waals surface area contributed by atoms with Gasteiger partial charge in [0.15, 0.2) is 5.96 Å². The largest absolute Gasteiger partial charge is 0.388 e. The minimum Gasteiger partial charge on any atom is -0.388 e.